The fraction of sp³-hybridized carbons (Fsp3) is 0.455. The number of aromatic nitrogens is 4. The van der Waals surface area contributed by atoms with E-state index in [2.05, 4.69) is 30.6 Å². The van der Waals surface area contributed by atoms with Crippen molar-refractivity contribution in [3.05, 3.63) is 35.9 Å². The summed E-state index contributed by atoms with van der Waals surface area (Å²) in [6, 6.07) is 4.22. The van der Waals surface area contributed by atoms with Crippen molar-refractivity contribution in [2.75, 3.05) is 19.4 Å². The van der Waals surface area contributed by atoms with Crippen LogP contribution in [0.1, 0.15) is 32.6 Å². The Bertz CT molecular complexity index is 1060. The number of rotatable bonds is 6. The van der Waals surface area contributed by atoms with Gasteiger partial charge in [0, 0.05) is 36.2 Å². The van der Waals surface area contributed by atoms with Gasteiger partial charge in [0.05, 0.1) is 6.04 Å². The zero-order valence-corrected chi connectivity index (χ0v) is 18.8. The van der Waals surface area contributed by atoms with E-state index < -0.39 is 0 Å². The Balaban J connectivity index is 1.40. The number of carbonyl (C=O) groups excluding carboxylic acids is 1. The fourth-order valence-electron chi connectivity index (χ4n) is 3.94. The lowest BCUT2D eigenvalue weighted by molar-refractivity contribution is -0.125. The Kier molecular flexibility index (Phi) is 6.38. The number of hydrogen-bond acceptors (Lipinski definition) is 6. The van der Waals surface area contributed by atoms with Crippen LogP contribution in [0.15, 0.2) is 30.7 Å². The van der Waals surface area contributed by atoms with Crippen LogP contribution in [-0.4, -0.2) is 63.0 Å². The van der Waals surface area contributed by atoms with Gasteiger partial charge in [-0.3, -0.25) is 14.7 Å². The van der Waals surface area contributed by atoms with Crippen molar-refractivity contribution >= 4 is 34.5 Å². The molecule has 164 valence electrons. The molecule has 0 spiro atoms. The average molecular weight is 442 g/mol. The van der Waals surface area contributed by atoms with Crippen LogP contribution in [0.4, 0.5) is 5.82 Å². The van der Waals surface area contributed by atoms with Crippen molar-refractivity contribution in [2.24, 2.45) is 0 Å². The van der Waals surface area contributed by atoms with Gasteiger partial charge < -0.3 is 15.6 Å². The number of halogens is 1. The molecule has 4 rings (SSSR count). The lowest BCUT2D eigenvalue weighted by Crippen LogP contribution is -2.47. The molecule has 1 atom stereocenters. The number of pyridine rings is 1. The number of likely N-dealkylation sites (N-methyl/N-ethyl adjacent to an activating group) is 1. The average Bonchev–Trinajstić information content (AvgIpc) is 3.18. The van der Waals surface area contributed by atoms with Gasteiger partial charge in [-0.15, -0.1) is 0 Å². The number of nitrogens with zero attached hydrogens (tertiary/aromatic N) is 4. The molecule has 31 heavy (non-hydrogen) atoms. The highest BCUT2D eigenvalue weighted by Crippen LogP contribution is 2.30. The lowest BCUT2D eigenvalue weighted by atomic mass is 9.91. The first kappa shape index (κ1) is 21.5. The molecular formula is C22H28ClN7O. The second-order valence-corrected chi connectivity index (χ2v) is 8.75. The minimum atomic E-state index is -0.126. The van der Waals surface area contributed by atoms with Gasteiger partial charge in [0.15, 0.2) is 5.65 Å². The summed E-state index contributed by atoms with van der Waals surface area (Å²) in [5.41, 5.74) is 3.42. The quantitative estimate of drug-likeness (QED) is 0.506. The molecule has 0 aliphatic heterocycles. The van der Waals surface area contributed by atoms with Crippen LogP contribution in [0.3, 0.4) is 0 Å². The number of anilines is 1. The van der Waals surface area contributed by atoms with Gasteiger partial charge in [0.1, 0.15) is 16.5 Å². The number of fused-ring (bicyclic) bond motifs is 1. The normalized spacial score (nSPS) is 20.0. The first-order valence-electron chi connectivity index (χ1n) is 10.6. The van der Waals surface area contributed by atoms with Crippen LogP contribution in [-0.2, 0) is 4.79 Å². The van der Waals surface area contributed by atoms with Crippen molar-refractivity contribution in [3.63, 3.8) is 0 Å². The molecule has 0 bridgehead atoms. The van der Waals surface area contributed by atoms with Crippen LogP contribution in [0.5, 0.6) is 0 Å². The summed E-state index contributed by atoms with van der Waals surface area (Å²) in [7, 11) is 3.83. The first-order chi connectivity index (χ1) is 14.9. The van der Waals surface area contributed by atoms with Crippen LogP contribution in [0.25, 0.3) is 22.3 Å². The minimum Gasteiger partial charge on any atom is -0.367 e. The molecule has 1 amide bonds. The highest BCUT2D eigenvalue weighted by Gasteiger charge is 2.25. The van der Waals surface area contributed by atoms with E-state index in [1.807, 2.05) is 44.2 Å². The summed E-state index contributed by atoms with van der Waals surface area (Å²) < 4.78 is 0. The van der Waals surface area contributed by atoms with Crippen LogP contribution < -0.4 is 10.6 Å². The molecule has 1 aliphatic carbocycles. The topological polar surface area (TPSA) is 98.8 Å². The molecule has 1 saturated carbocycles. The van der Waals surface area contributed by atoms with E-state index in [4.69, 9.17) is 11.6 Å². The lowest BCUT2D eigenvalue weighted by Gasteiger charge is -2.31. The predicted octanol–water partition coefficient (Wildman–Crippen LogP) is 3.46. The second kappa shape index (κ2) is 9.20. The SMILES string of the molecule is CC(C(=O)N[C@H]1CC[C@H](Nc2cc(-c3c[nH]c4nccnc34)cc(Cl)n2)CC1)N(C)C. The molecule has 0 saturated heterocycles. The Labute approximate surface area is 186 Å². The number of nitrogens with one attached hydrogen (secondary N) is 3. The van der Waals surface area contributed by atoms with Gasteiger partial charge >= 0.3 is 0 Å². The standard InChI is InChI=1S/C22H28ClN7O/c1-13(30(2)3)22(31)28-16-6-4-15(5-7-16)27-19-11-14(10-18(23)29-19)17-12-26-21-20(17)24-8-9-25-21/h8-13,15-16H,4-7H2,1-3H3,(H,25,26)(H,27,29)(H,28,31)/t13?,15-,16-. The molecule has 0 radical (unpaired) electrons. The van der Waals surface area contributed by atoms with E-state index in [0.717, 1.165) is 53.8 Å². The molecule has 3 N–H and O–H groups in total. The summed E-state index contributed by atoms with van der Waals surface area (Å²) >= 11 is 6.32. The number of H-pyrrole nitrogens is 1. The number of aromatic amines is 1. The summed E-state index contributed by atoms with van der Waals surface area (Å²) in [4.78, 5) is 30.6. The van der Waals surface area contributed by atoms with Gasteiger partial charge in [-0.2, -0.15) is 0 Å². The third-order valence-electron chi connectivity index (χ3n) is 5.99. The summed E-state index contributed by atoms with van der Waals surface area (Å²) in [5, 5.41) is 7.13. The molecule has 9 heteroatoms. The molecule has 1 unspecified atom stereocenters. The van der Waals surface area contributed by atoms with E-state index in [1.165, 1.54) is 0 Å². The molecule has 8 nitrogen and oxygen atoms in total. The Hall–Kier alpha value is -2.71. The molecule has 3 aromatic heterocycles. The van der Waals surface area contributed by atoms with Crippen molar-refractivity contribution in [1.82, 2.24) is 30.2 Å². The number of carbonyl (C=O) groups is 1. The van der Waals surface area contributed by atoms with Gasteiger partial charge in [-0.25, -0.2) is 9.97 Å². The van der Waals surface area contributed by atoms with Gasteiger partial charge in [0.2, 0.25) is 5.91 Å². The molecule has 1 fully saturated rings. The maximum atomic E-state index is 12.3. The minimum absolute atomic E-state index is 0.0874. The molecule has 3 heterocycles. The Morgan fingerprint density at radius 2 is 1.87 bits per heavy atom. The van der Waals surface area contributed by atoms with E-state index in [0.29, 0.717) is 11.2 Å². The van der Waals surface area contributed by atoms with Crippen LogP contribution in [0, 0.1) is 0 Å². The summed E-state index contributed by atoms with van der Waals surface area (Å²) in [6.07, 6.45) is 9.03. The molecule has 1 aliphatic rings. The second-order valence-electron chi connectivity index (χ2n) is 8.36. The van der Waals surface area contributed by atoms with E-state index in [9.17, 15) is 4.79 Å². The number of hydrogen-bond donors (Lipinski definition) is 3. The molecular weight excluding hydrogens is 414 g/mol. The predicted molar refractivity (Wildman–Crippen MR) is 123 cm³/mol. The van der Waals surface area contributed by atoms with Crippen molar-refractivity contribution in [2.45, 2.75) is 50.7 Å². The van der Waals surface area contributed by atoms with Gasteiger partial charge in [0.25, 0.3) is 0 Å². The molecule has 0 aromatic carbocycles. The third kappa shape index (κ3) is 4.97. The first-order valence-corrected chi connectivity index (χ1v) is 11.0. The summed E-state index contributed by atoms with van der Waals surface area (Å²) in [6.45, 7) is 1.92. The van der Waals surface area contributed by atoms with E-state index >= 15 is 0 Å². The third-order valence-corrected chi connectivity index (χ3v) is 6.18. The monoisotopic (exact) mass is 441 g/mol. The zero-order valence-electron chi connectivity index (χ0n) is 18.0. The molecule has 3 aromatic rings. The Morgan fingerprint density at radius 3 is 2.61 bits per heavy atom. The van der Waals surface area contributed by atoms with Gasteiger partial charge in [-0.05, 0) is 64.4 Å². The summed E-state index contributed by atoms with van der Waals surface area (Å²) in [5.74, 6) is 0.832. The fourth-order valence-corrected chi connectivity index (χ4v) is 4.15. The maximum absolute atomic E-state index is 12.3. The van der Waals surface area contributed by atoms with Crippen LogP contribution in [0.2, 0.25) is 5.15 Å². The number of amides is 1. The van der Waals surface area contributed by atoms with Crippen molar-refractivity contribution in [1.29, 1.82) is 0 Å². The van der Waals surface area contributed by atoms with Crippen LogP contribution >= 0.6 is 11.6 Å². The van der Waals surface area contributed by atoms with E-state index in [-0.39, 0.29) is 18.0 Å². The Morgan fingerprint density at radius 1 is 1.16 bits per heavy atom. The van der Waals surface area contributed by atoms with Crippen molar-refractivity contribution < 1.29 is 4.79 Å². The zero-order chi connectivity index (χ0) is 22.0. The largest absolute Gasteiger partial charge is 0.367 e. The smallest absolute Gasteiger partial charge is 0.237 e. The van der Waals surface area contributed by atoms with Crippen molar-refractivity contribution in [3.8, 4) is 11.1 Å². The maximum Gasteiger partial charge on any atom is 0.237 e. The highest BCUT2D eigenvalue weighted by atomic mass is 35.5. The van der Waals surface area contributed by atoms with E-state index in [1.54, 1.807) is 12.4 Å². The van der Waals surface area contributed by atoms with Gasteiger partial charge in [-0.1, -0.05) is 11.6 Å². The highest BCUT2D eigenvalue weighted by molar-refractivity contribution is 6.29.